The van der Waals surface area contributed by atoms with Gasteiger partial charge in [0.05, 0.1) is 0 Å². The number of alkyl halides is 3. The Kier molecular flexibility index (Phi) is 2.92. The van der Waals surface area contributed by atoms with Gasteiger partial charge in [-0.05, 0) is 12.1 Å². The summed E-state index contributed by atoms with van der Waals surface area (Å²) in [7, 11) is 0. The Morgan fingerprint density at radius 1 is 1.15 bits per heavy atom. The molecule has 0 aromatic heterocycles. The smallest absolute Gasteiger partial charge is 0.394 e. The first-order chi connectivity index (χ1) is 6.00. The second kappa shape index (κ2) is 3.78. The minimum Gasteiger partial charge on any atom is -0.394 e. The van der Waals surface area contributed by atoms with Gasteiger partial charge < -0.3 is 4.18 Å². The van der Waals surface area contributed by atoms with Crippen LogP contribution in [0.25, 0.3) is 0 Å². The number of hydrogen-bond acceptors (Lipinski definition) is 2. The third-order valence-electron chi connectivity index (χ3n) is 1.10. The van der Waals surface area contributed by atoms with Crippen molar-refractivity contribution in [2.45, 2.75) is 5.51 Å². The lowest BCUT2D eigenvalue weighted by molar-refractivity contribution is -0.0437. The minimum atomic E-state index is -4.84. The van der Waals surface area contributed by atoms with E-state index in [4.69, 9.17) is 0 Å². The van der Waals surface area contributed by atoms with Gasteiger partial charge in [0.25, 0.3) is 0 Å². The minimum absolute atomic E-state index is 0.0711. The number of para-hydroxylation sites is 1. The van der Waals surface area contributed by atoms with Crippen molar-refractivity contribution in [1.82, 2.24) is 0 Å². The van der Waals surface area contributed by atoms with Gasteiger partial charge >= 0.3 is 16.6 Å². The highest BCUT2D eigenvalue weighted by Gasteiger charge is 2.39. The van der Waals surface area contributed by atoms with E-state index in [0.29, 0.717) is 0 Å². The van der Waals surface area contributed by atoms with Crippen molar-refractivity contribution < 1.29 is 21.6 Å². The van der Waals surface area contributed by atoms with Gasteiger partial charge in [-0.1, -0.05) is 18.2 Å². The number of hydrogen-bond donors (Lipinski definition) is 0. The number of rotatable bonds is 2. The van der Waals surface area contributed by atoms with Crippen molar-refractivity contribution in [2.75, 3.05) is 0 Å². The lowest BCUT2D eigenvalue weighted by Gasteiger charge is -2.06. The van der Waals surface area contributed by atoms with Crippen LogP contribution in [-0.4, -0.2) is 9.72 Å². The van der Waals surface area contributed by atoms with E-state index < -0.39 is 16.6 Å². The third-order valence-corrected chi connectivity index (χ3v) is 1.83. The van der Waals surface area contributed by atoms with Crippen LogP contribution < -0.4 is 4.18 Å². The fourth-order valence-electron chi connectivity index (χ4n) is 0.611. The molecule has 2 nitrogen and oxygen atoms in total. The zero-order valence-electron chi connectivity index (χ0n) is 6.25. The van der Waals surface area contributed by atoms with Crippen LogP contribution in [0.5, 0.6) is 5.75 Å². The van der Waals surface area contributed by atoms with Crippen LogP contribution in [0.15, 0.2) is 30.3 Å². The fourth-order valence-corrected chi connectivity index (χ4v) is 0.991. The van der Waals surface area contributed by atoms with Crippen LogP contribution in [0, 0.1) is 0 Å². The van der Waals surface area contributed by atoms with Gasteiger partial charge in [-0.2, -0.15) is 13.2 Å². The molecule has 0 aliphatic heterocycles. The van der Waals surface area contributed by atoms with E-state index in [1.54, 1.807) is 6.07 Å². The van der Waals surface area contributed by atoms with Crippen molar-refractivity contribution in [1.29, 1.82) is 0 Å². The Balaban J connectivity index is 2.66. The van der Waals surface area contributed by atoms with E-state index in [1.807, 2.05) is 0 Å². The van der Waals surface area contributed by atoms with Crippen LogP contribution in [0.3, 0.4) is 0 Å². The molecule has 72 valence electrons. The van der Waals surface area contributed by atoms with Gasteiger partial charge in [0.15, 0.2) is 0 Å². The Morgan fingerprint density at radius 2 is 1.69 bits per heavy atom. The molecule has 13 heavy (non-hydrogen) atoms. The zero-order chi connectivity index (χ0) is 9.90. The van der Waals surface area contributed by atoms with E-state index in [2.05, 4.69) is 4.18 Å². The molecule has 1 aromatic rings. The van der Waals surface area contributed by atoms with E-state index in [-0.39, 0.29) is 5.75 Å². The molecule has 0 bridgehead atoms. The summed E-state index contributed by atoms with van der Waals surface area (Å²) in [6.07, 6.45) is 0. The molecule has 0 radical (unpaired) electrons. The Labute approximate surface area is 75.0 Å². The van der Waals surface area contributed by atoms with Gasteiger partial charge in [0.2, 0.25) is 0 Å². The lowest BCUT2D eigenvalue weighted by atomic mass is 10.3. The standard InChI is InChI=1S/C7H5F3O2S/c8-7(9,10)13(11)12-6-4-2-1-3-5-6/h1-5H. The molecule has 1 unspecified atom stereocenters. The molecule has 1 rings (SSSR count). The molecular weight excluding hydrogens is 205 g/mol. The summed E-state index contributed by atoms with van der Waals surface area (Å²) in [6, 6.07) is 7.18. The van der Waals surface area contributed by atoms with Gasteiger partial charge in [0, 0.05) is 0 Å². The van der Waals surface area contributed by atoms with Crippen molar-refractivity contribution in [3.8, 4) is 5.75 Å². The molecule has 1 aromatic carbocycles. The first kappa shape index (κ1) is 10.0. The first-order valence-corrected chi connectivity index (χ1v) is 4.29. The van der Waals surface area contributed by atoms with E-state index in [9.17, 15) is 17.4 Å². The molecule has 1 atom stereocenters. The molecule has 0 aliphatic carbocycles. The lowest BCUT2D eigenvalue weighted by Crippen LogP contribution is -2.20. The summed E-state index contributed by atoms with van der Waals surface area (Å²) >= 11 is -3.29. The first-order valence-electron chi connectivity index (χ1n) is 3.22. The molecule has 0 spiro atoms. The van der Waals surface area contributed by atoms with Crippen LogP contribution in [0.2, 0.25) is 0 Å². The van der Waals surface area contributed by atoms with Crippen molar-refractivity contribution in [3.05, 3.63) is 30.3 Å². The molecule has 0 aliphatic rings. The summed E-state index contributed by atoms with van der Waals surface area (Å²) in [5, 5.41) is 0. The van der Waals surface area contributed by atoms with Gasteiger partial charge in [-0.25, -0.2) is 4.21 Å². The third kappa shape index (κ3) is 3.06. The highest BCUT2D eigenvalue weighted by molar-refractivity contribution is 7.81. The number of benzene rings is 1. The van der Waals surface area contributed by atoms with Crippen LogP contribution in [-0.2, 0) is 11.1 Å². The molecule has 6 heteroatoms. The fraction of sp³-hybridized carbons (Fsp3) is 0.143. The van der Waals surface area contributed by atoms with Crippen molar-refractivity contribution >= 4 is 11.1 Å². The molecule has 0 amide bonds. The average Bonchev–Trinajstić information content (AvgIpc) is 2.04. The van der Waals surface area contributed by atoms with E-state index in [1.165, 1.54) is 24.3 Å². The predicted molar refractivity (Wildman–Crippen MR) is 41.3 cm³/mol. The van der Waals surface area contributed by atoms with Crippen molar-refractivity contribution in [3.63, 3.8) is 0 Å². The zero-order valence-corrected chi connectivity index (χ0v) is 7.06. The van der Waals surface area contributed by atoms with Crippen molar-refractivity contribution in [2.24, 2.45) is 0 Å². The normalized spacial score (nSPS) is 13.8. The summed E-state index contributed by atoms with van der Waals surface area (Å²) < 4.78 is 49.7. The van der Waals surface area contributed by atoms with Crippen LogP contribution in [0.1, 0.15) is 0 Å². The highest BCUT2D eigenvalue weighted by Crippen LogP contribution is 2.22. The molecule has 0 heterocycles. The number of halogens is 3. The topological polar surface area (TPSA) is 26.3 Å². The van der Waals surface area contributed by atoms with Gasteiger partial charge in [-0.3, -0.25) is 0 Å². The summed E-state index contributed by atoms with van der Waals surface area (Å²) in [5.74, 6) is -0.0711. The second-order valence-corrected chi connectivity index (χ2v) is 3.18. The molecule has 0 fully saturated rings. The Bertz CT molecular complexity index is 296. The Morgan fingerprint density at radius 3 is 2.15 bits per heavy atom. The maximum Gasteiger partial charge on any atom is 0.508 e. The monoisotopic (exact) mass is 210 g/mol. The maximum absolute atomic E-state index is 11.7. The van der Waals surface area contributed by atoms with E-state index >= 15 is 0 Å². The average molecular weight is 210 g/mol. The quantitative estimate of drug-likeness (QED) is 0.748. The predicted octanol–water partition coefficient (Wildman–Crippen LogP) is 2.25. The largest absolute Gasteiger partial charge is 0.508 e. The van der Waals surface area contributed by atoms with Crippen LogP contribution in [0.4, 0.5) is 13.2 Å². The molecule has 0 N–H and O–H groups in total. The molecule has 0 saturated carbocycles. The van der Waals surface area contributed by atoms with Crippen LogP contribution >= 0.6 is 0 Å². The van der Waals surface area contributed by atoms with Gasteiger partial charge in [0.1, 0.15) is 5.75 Å². The van der Waals surface area contributed by atoms with E-state index in [0.717, 1.165) is 0 Å². The Hall–Kier alpha value is -1.04. The summed E-state index contributed by atoms with van der Waals surface area (Å²) in [4.78, 5) is 0. The molecule has 0 saturated heterocycles. The van der Waals surface area contributed by atoms with Gasteiger partial charge in [-0.15, -0.1) is 0 Å². The summed E-state index contributed by atoms with van der Waals surface area (Å²) in [5.41, 5.74) is -4.84. The summed E-state index contributed by atoms with van der Waals surface area (Å²) in [6.45, 7) is 0. The molecular formula is C7H5F3O2S. The SMILES string of the molecule is O=S(Oc1ccccc1)C(F)(F)F. The maximum atomic E-state index is 11.7. The second-order valence-electron chi connectivity index (χ2n) is 2.08. The highest BCUT2D eigenvalue weighted by atomic mass is 32.2.